The average Bonchev–Trinajstić information content (AvgIpc) is 3.06. The molecule has 0 aromatic heterocycles. The summed E-state index contributed by atoms with van der Waals surface area (Å²) in [7, 11) is -3.33. The summed E-state index contributed by atoms with van der Waals surface area (Å²) in [5.74, 6) is -1.19. The van der Waals surface area contributed by atoms with E-state index in [0.29, 0.717) is 5.56 Å². The highest BCUT2D eigenvalue weighted by Gasteiger charge is 2.31. The van der Waals surface area contributed by atoms with Gasteiger partial charge in [-0.3, -0.25) is 4.79 Å². The molecule has 1 heterocycles. The predicted molar refractivity (Wildman–Crippen MR) is 110 cm³/mol. The van der Waals surface area contributed by atoms with Gasteiger partial charge >= 0.3 is 5.97 Å². The van der Waals surface area contributed by atoms with E-state index in [1.165, 1.54) is 11.0 Å². The first-order valence-corrected chi connectivity index (χ1v) is 11.0. The molecule has 152 valence electrons. The molecule has 1 aliphatic heterocycles. The summed E-state index contributed by atoms with van der Waals surface area (Å²) in [4.78, 5) is 26.7. The monoisotopic (exact) mass is 413 g/mol. The van der Waals surface area contributed by atoms with Crippen molar-refractivity contribution in [2.45, 2.75) is 26.4 Å². The van der Waals surface area contributed by atoms with Gasteiger partial charge < -0.3 is 9.64 Å². The molecule has 2 aromatic carbocycles. The normalized spacial score (nSPS) is 17.1. The third kappa shape index (κ3) is 5.32. The van der Waals surface area contributed by atoms with E-state index in [9.17, 15) is 18.0 Å². The van der Waals surface area contributed by atoms with E-state index >= 15 is 0 Å². The van der Waals surface area contributed by atoms with Crippen LogP contribution in [0.1, 0.15) is 27.0 Å². The van der Waals surface area contributed by atoms with Crippen molar-refractivity contribution in [3.8, 4) is 0 Å². The summed E-state index contributed by atoms with van der Waals surface area (Å²) in [6.07, 6.45) is 1.50. The van der Waals surface area contributed by atoms with Gasteiger partial charge in [-0.15, -0.1) is 0 Å². The lowest BCUT2D eigenvalue weighted by molar-refractivity contribution is -0.136. The topological polar surface area (TPSA) is 80.8 Å². The van der Waals surface area contributed by atoms with Gasteiger partial charge in [0.25, 0.3) is 5.91 Å². The highest BCUT2D eigenvalue weighted by Crippen LogP contribution is 2.18. The van der Waals surface area contributed by atoms with E-state index in [4.69, 9.17) is 4.74 Å². The maximum Gasteiger partial charge on any atom is 0.338 e. The Morgan fingerprint density at radius 1 is 1.10 bits per heavy atom. The second kappa shape index (κ2) is 8.61. The maximum atomic E-state index is 12.9. The molecular formula is C22H23NO5S. The molecule has 0 bridgehead atoms. The second-order valence-corrected chi connectivity index (χ2v) is 9.06. The largest absolute Gasteiger partial charge is 0.452 e. The number of aryl methyl sites for hydroxylation is 2. The SMILES string of the molecule is Cc1ccc(C)c(C(=O)OCC(=O)N(Cc2ccccc2)[C@H]2C=CS(=O)(=O)C2)c1. The standard InChI is InChI=1S/C22H23NO5S/c1-16-8-9-17(2)20(12-16)22(25)28-14-21(24)23(13-18-6-4-3-5-7-18)19-10-11-29(26,27)15-19/h3-12,19H,13-15H2,1-2H3/t19-/m0/s1. The van der Waals surface area contributed by atoms with Gasteiger partial charge in [0.1, 0.15) is 0 Å². The van der Waals surface area contributed by atoms with Crippen LogP contribution < -0.4 is 0 Å². The zero-order valence-corrected chi connectivity index (χ0v) is 17.2. The quantitative estimate of drug-likeness (QED) is 0.681. The molecular weight excluding hydrogens is 390 g/mol. The third-order valence-electron chi connectivity index (χ3n) is 4.77. The van der Waals surface area contributed by atoms with Crippen LogP contribution >= 0.6 is 0 Å². The number of benzene rings is 2. The highest BCUT2D eigenvalue weighted by atomic mass is 32.2. The van der Waals surface area contributed by atoms with Crippen molar-refractivity contribution in [3.05, 3.63) is 82.3 Å². The molecule has 1 amide bonds. The van der Waals surface area contributed by atoms with Crippen LogP contribution in [0, 0.1) is 13.8 Å². The van der Waals surface area contributed by atoms with E-state index < -0.39 is 34.4 Å². The van der Waals surface area contributed by atoms with Crippen molar-refractivity contribution in [1.29, 1.82) is 0 Å². The molecule has 0 unspecified atom stereocenters. The fourth-order valence-corrected chi connectivity index (χ4v) is 4.47. The van der Waals surface area contributed by atoms with Crippen LogP contribution in [-0.2, 0) is 25.9 Å². The Labute approximate surface area is 170 Å². The van der Waals surface area contributed by atoms with Crippen molar-refractivity contribution in [1.82, 2.24) is 4.90 Å². The molecule has 0 spiro atoms. The molecule has 2 aromatic rings. The molecule has 0 saturated heterocycles. The van der Waals surface area contributed by atoms with E-state index in [1.807, 2.05) is 49.4 Å². The maximum absolute atomic E-state index is 12.9. The molecule has 0 saturated carbocycles. The number of carbonyl (C=O) groups is 2. The average molecular weight is 413 g/mol. The van der Waals surface area contributed by atoms with E-state index in [-0.39, 0.29) is 12.3 Å². The number of rotatable bonds is 6. The Hall–Kier alpha value is -2.93. The fraction of sp³-hybridized carbons (Fsp3) is 0.273. The Kier molecular flexibility index (Phi) is 6.17. The number of hydrogen-bond donors (Lipinski definition) is 0. The summed E-state index contributed by atoms with van der Waals surface area (Å²) in [5.41, 5.74) is 2.95. The van der Waals surface area contributed by atoms with E-state index in [1.54, 1.807) is 13.0 Å². The second-order valence-electron chi connectivity index (χ2n) is 7.13. The number of amides is 1. The van der Waals surface area contributed by atoms with Crippen molar-refractivity contribution in [2.75, 3.05) is 12.4 Å². The van der Waals surface area contributed by atoms with Gasteiger partial charge in [0.2, 0.25) is 0 Å². The predicted octanol–water partition coefficient (Wildman–Crippen LogP) is 2.80. The Morgan fingerprint density at radius 3 is 2.48 bits per heavy atom. The molecule has 0 fully saturated rings. The molecule has 1 atom stereocenters. The van der Waals surface area contributed by atoms with E-state index in [2.05, 4.69) is 0 Å². The van der Waals surface area contributed by atoms with Crippen LogP contribution in [0.4, 0.5) is 0 Å². The fourth-order valence-electron chi connectivity index (χ4n) is 3.17. The number of carbonyl (C=O) groups excluding carboxylic acids is 2. The summed E-state index contributed by atoms with van der Waals surface area (Å²) in [6.45, 7) is 3.44. The lowest BCUT2D eigenvalue weighted by atomic mass is 10.1. The minimum absolute atomic E-state index is 0.170. The zero-order chi connectivity index (χ0) is 21.0. The number of ether oxygens (including phenoxy) is 1. The molecule has 7 heteroatoms. The first-order chi connectivity index (χ1) is 13.7. The van der Waals surface area contributed by atoms with E-state index in [0.717, 1.165) is 22.1 Å². The lowest BCUT2D eigenvalue weighted by Gasteiger charge is -2.27. The minimum Gasteiger partial charge on any atom is -0.452 e. The smallest absolute Gasteiger partial charge is 0.338 e. The van der Waals surface area contributed by atoms with Crippen LogP contribution in [0.3, 0.4) is 0 Å². The van der Waals surface area contributed by atoms with Crippen LogP contribution in [0.15, 0.2) is 60.0 Å². The highest BCUT2D eigenvalue weighted by molar-refractivity contribution is 7.94. The number of hydrogen-bond acceptors (Lipinski definition) is 5. The Bertz CT molecular complexity index is 1040. The van der Waals surface area contributed by atoms with Gasteiger partial charge in [0, 0.05) is 12.0 Å². The van der Waals surface area contributed by atoms with Crippen LogP contribution in [0.5, 0.6) is 0 Å². The summed E-state index contributed by atoms with van der Waals surface area (Å²) >= 11 is 0. The van der Waals surface area contributed by atoms with Gasteiger partial charge in [-0.25, -0.2) is 13.2 Å². The third-order valence-corrected chi connectivity index (χ3v) is 6.15. The number of nitrogens with zero attached hydrogens (tertiary/aromatic N) is 1. The van der Waals surface area contributed by atoms with Crippen molar-refractivity contribution < 1.29 is 22.7 Å². The van der Waals surface area contributed by atoms with Gasteiger partial charge in [-0.2, -0.15) is 0 Å². The van der Waals surface area contributed by atoms with Gasteiger partial charge in [0.05, 0.1) is 17.4 Å². The molecule has 6 nitrogen and oxygen atoms in total. The Balaban J connectivity index is 1.73. The summed E-state index contributed by atoms with van der Waals surface area (Å²) in [5, 5.41) is 1.13. The lowest BCUT2D eigenvalue weighted by Crippen LogP contribution is -2.42. The molecule has 0 N–H and O–H groups in total. The zero-order valence-electron chi connectivity index (χ0n) is 16.4. The number of esters is 1. The van der Waals surface area contributed by atoms with Gasteiger partial charge in [-0.05, 0) is 37.1 Å². The first kappa shape index (κ1) is 20.8. The number of sulfone groups is 1. The summed E-state index contributed by atoms with van der Waals surface area (Å²) < 4.78 is 28.9. The van der Waals surface area contributed by atoms with Gasteiger partial charge in [0.15, 0.2) is 16.4 Å². The molecule has 3 rings (SSSR count). The molecule has 1 aliphatic rings. The molecule has 0 radical (unpaired) electrons. The summed E-state index contributed by atoms with van der Waals surface area (Å²) in [6, 6.07) is 14.1. The molecule has 29 heavy (non-hydrogen) atoms. The van der Waals surface area contributed by atoms with Crippen LogP contribution in [0.25, 0.3) is 0 Å². The van der Waals surface area contributed by atoms with Crippen molar-refractivity contribution in [3.63, 3.8) is 0 Å². The first-order valence-electron chi connectivity index (χ1n) is 9.24. The van der Waals surface area contributed by atoms with Crippen LogP contribution in [-0.4, -0.2) is 43.6 Å². The van der Waals surface area contributed by atoms with Crippen molar-refractivity contribution >= 4 is 21.7 Å². The van der Waals surface area contributed by atoms with Crippen LogP contribution in [0.2, 0.25) is 0 Å². The molecule has 0 aliphatic carbocycles. The van der Waals surface area contributed by atoms with Crippen molar-refractivity contribution in [2.24, 2.45) is 0 Å². The van der Waals surface area contributed by atoms with Gasteiger partial charge in [-0.1, -0.05) is 48.0 Å². The Morgan fingerprint density at radius 2 is 1.83 bits per heavy atom. The minimum atomic E-state index is -3.33.